The molecule has 0 aromatic carbocycles. The van der Waals surface area contributed by atoms with Crippen molar-refractivity contribution >= 4 is 5.91 Å². The van der Waals surface area contributed by atoms with Crippen LogP contribution in [-0.2, 0) is 7.05 Å². The van der Waals surface area contributed by atoms with Crippen LogP contribution in [0.4, 0.5) is 0 Å². The lowest BCUT2D eigenvalue weighted by molar-refractivity contribution is 0.0716. The van der Waals surface area contributed by atoms with Crippen molar-refractivity contribution in [3.8, 4) is 0 Å². The molecule has 5 heteroatoms. The molecule has 1 aliphatic carbocycles. The summed E-state index contributed by atoms with van der Waals surface area (Å²) in [5, 5.41) is 17.0. The summed E-state index contributed by atoms with van der Waals surface area (Å²) in [7, 11) is 1.83. The summed E-state index contributed by atoms with van der Waals surface area (Å²) < 4.78 is 1.71. The number of aryl methyl sites for hydroxylation is 2. The van der Waals surface area contributed by atoms with Gasteiger partial charge in [-0.1, -0.05) is 12.8 Å². The highest BCUT2D eigenvalue weighted by atomic mass is 16.3. The van der Waals surface area contributed by atoms with Crippen molar-refractivity contribution in [2.24, 2.45) is 7.05 Å². The fourth-order valence-corrected chi connectivity index (χ4v) is 2.62. The summed E-state index contributed by atoms with van der Waals surface area (Å²) in [6, 6.07) is -0.120. The number of aromatic nitrogens is 2. The molecule has 1 heterocycles. The molecule has 1 amide bonds. The molecule has 1 fully saturated rings. The Labute approximate surface area is 107 Å². The van der Waals surface area contributed by atoms with Crippen molar-refractivity contribution in [2.75, 3.05) is 0 Å². The predicted octanol–water partition coefficient (Wildman–Crippen LogP) is 1.07. The van der Waals surface area contributed by atoms with Crippen LogP contribution in [0.15, 0.2) is 0 Å². The predicted molar refractivity (Wildman–Crippen MR) is 68.4 cm³/mol. The standard InChI is InChI=1S/C13H21N3O2/c1-8-12(9(2)16(3)15-8)13(18)14-10-6-4-5-7-11(10)17/h10-11,17H,4-7H2,1-3H3,(H,14,18). The van der Waals surface area contributed by atoms with E-state index in [1.54, 1.807) is 4.68 Å². The molecule has 100 valence electrons. The highest BCUT2D eigenvalue weighted by Crippen LogP contribution is 2.19. The molecule has 18 heavy (non-hydrogen) atoms. The van der Waals surface area contributed by atoms with E-state index in [9.17, 15) is 9.90 Å². The Hall–Kier alpha value is -1.36. The molecule has 2 N–H and O–H groups in total. The monoisotopic (exact) mass is 251 g/mol. The van der Waals surface area contributed by atoms with Gasteiger partial charge in [0.05, 0.1) is 23.4 Å². The third kappa shape index (κ3) is 2.41. The number of aliphatic hydroxyl groups excluding tert-OH is 1. The lowest BCUT2D eigenvalue weighted by atomic mass is 9.92. The van der Waals surface area contributed by atoms with E-state index in [0.717, 1.165) is 37.1 Å². The molecule has 1 aromatic rings. The van der Waals surface area contributed by atoms with Crippen LogP contribution in [-0.4, -0.2) is 32.9 Å². The van der Waals surface area contributed by atoms with Gasteiger partial charge in [0.2, 0.25) is 0 Å². The number of amides is 1. The molecule has 5 nitrogen and oxygen atoms in total. The van der Waals surface area contributed by atoms with Crippen LogP contribution in [0, 0.1) is 13.8 Å². The van der Waals surface area contributed by atoms with Gasteiger partial charge in [0.25, 0.3) is 5.91 Å². The minimum absolute atomic E-state index is 0.120. The fraction of sp³-hybridized carbons (Fsp3) is 0.692. The molecule has 0 saturated heterocycles. The highest BCUT2D eigenvalue weighted by molar-refractivity contribution is 5.96. The first-order valence-corrected chi connectivity index (χ1v) is 6.50. The van der Waals surface area contributed by atoms with E-state index >= 15 is 0 Å². The second-order valence-corrected chi connectivity index (χ2v) is 5.10. The Morgan fingerprint density at radius 3 is 2.61 bits per heavy atom. The van der Waals surface area contributed by atoms with Crippen molar-refractivity contribution in [2.45, 2.75) is 51.7 Å². The summed E-state index contributed by atoms with van der Waals surface area (Å²) in [4.78, 5) is 12.2. The van der Waals surface area contributed by atoms with E-state index in [4.69, 9.17) is 0 Å². The average molecular weight is 251 g/mol. The molecule has 0 bridgehead atoms. The van der Waals surface area contributed by atoms with Crippen LogP contribution in [0.1, 0.15) is 47.4 Å². The topological polar surface area (TPSA) is 67.2 Å². The van der Waals surface area contributed by atoms with E-state index in [1.165, 1.54) is 0 Å². The maximum absolute atomic E-state index is 12.2. The van der Waals surface area contributed by atoms with E-state index in [0.29, 0.717) is 5.56 Å². The van der Waals surface area contributed by atoms with Gasteiger partial charge in [-0.25, -0.2) is 0 Å². The van der Waals surface area contributed by atoms with E-state index in [-0.39, 0.29) is 11.9 Å². The van der Waals surface area contributed by atoms with Gasteiger partial charge in [0, 0.05) is 12.7 Å². The fourth-order valence-electron chi connectivity index (χ4n) is 2.62. The number of hydrogen-bond donors (Lipinski definition) is 2. The quantitative estimate of drug-likeness (QED) is 0.826. The van der Waals surface area contributed by atoms with Crippen LogP contribution in [0.3, 0.4) is 0 Å². The van der Waals surface area contributed by atoms with Crippen molar-refractivity contribution in [1.82, 2.24) is 15.1 Å². The van der Waals surface area contributed by atoms with Crippen LogP contribution < -0.4 is 5.32 Å². The average Bonchev–Trinajstić information content (AvgIpc) is 2.56. The first kappa shape index (κ1) is 13.1. The molecule has 1 aromatic heterocycles. The van der Waals surface area contributed by atoms with E-state index in [2.05, 4.69) is 10.4 Å². The molecule has 2 unspecified atom stereocenters. The summed E-state index contributed by atoms with van der Waals surface area (Å²) in [5.41, 5.74) is 2.23. The largest absolute Gasteiger partial charge is 0.391 e. The lowest BCUT2D eigenvalue weighted by Crippen LogP contribution is -2.45. The number of aliphatic hydroxyl groups is 1. The third-order valence-corrected chi connectivity index (χ3v) is 3.78. The van der Waals surface area contributed by atoms with Crippen LogP contribution in [0.25, 0.3) is 0 Å². The first-order chi connectivity index (χ1) is 8.50. The first-order valence-electron chi connectivity index (χ1n) is 6.50. The second kappa shape index (κ2) is 5.10. The van der Waals surface area contributed by atoms with Gasteiger partial charge in [-0.15, -0.1) is 0 Å². The Morgan fingerprint density at radius 2 is 2.06 bits per heavy atom. The zero-order chi connectivity index (χ0) is 13.3. The van der Waals surface area contributed by atoms with Crippen molar-refractivity contribution < 1.29 is 9.90 Å². The van der Waals surface area contributed by atoms with Gasteiger partial charge in [0.1, 0.15) is 0 Å². The van der Waals surface area contributed by atoms with Gasteiger partial charge in [-0.2, -0.15) is 5.10 Å². The number of hydrogen-bond acceptors (Lipinski definition) is 3. The minimum atomic E-state index is -0.417. The molecule has 1 aliphatic rings. The highest BCUT2D eigenvalue weighted by Gasteiger charge is 2.26. The van der Waals surface area contributed by atoms with Gasteiger partial charge in [-0.05, 0) is 26.7 Å². The number of nitrogens with one attached hydrogen (secondary N) is 1. The number of nitrogens with zero attached hydrogens (tertiary/aromatic N) is 2. The normalized spacial score (nSPS) is 24.0. The Bertz CT molecular complexity index is 453. The molecular weight excluding hydrogens is 230 g/mol. The smallest absolute Gasteiger partial charge is 0.255 e. The zero-order valence-electron chi connectivity index (χ0n) is 11.2. The minimum Gasteiger partial charge on any atom is -0.391 e. The summed E-state index contributed by atoms with van der Waals surface area (Å²) in [5.74, 6) is -0.121. The molecule has 0 radical (unpaired) electrons. The number of rotatable bonds is 2. The van der Waals surface area contributed by atoms with Crippen molar-refractivity contribution in [1.29, 1.82) is 0 Å². The van der Waals surface area contributed by atoms with Gasteiger partial charge in [0.15, 0.2) is 0 Å². The third-order valence-electron chi connectivity index (χ3n) is 3.78. The maximum atomic E-state index is 12.2. The molecule has 0 aliphatic heterocycles. The zero-order valence-corrected chi connectivity index (χ0v) is 11.2. The molecular formula is C13H21N3O2. The molecule has 2 rings (SSSR count). The van der Waals surface area contributed by atoms with Crippen molar-refractivity contribution in [3.63, 3.8) is 0 Å². The second-order valence-electron chi connectivity index (χ2n) is 5.10. The lowest BCUT2D eigenvalue weighted by Gasteiger charge is -2.28. The van der Waals surface area contributed by atoms with E-state index in [1.807, 2.05) is 20.9 Å². The van der Waals surface area contributed by atoms with Gasteiger partial charge < -0.3 is 10.4 Å². The number of carbonyl (C=O) groups excluding carboxylic acids is 1. The van der Waals surface area contributed by atoms with Crippen LogP contribution in [0.5, 0.6) is 0 Å². The maximum Gasteiger partial charge on any atom is 0.255 e. The summed E-state index contributed by atoms with van der Waals surface area (Å²) in [6.07, 6.45) is 3.31. The molecule has 1 saturated carbocycles. The van der Waals surface area contributed by atoms with E-state index < -0.39 is 6.10 Å². The Balaban J connectivity index is 2.12. The van der Waals surface area contributed by atoms with Crippen LogP contribution >= 0.6 is 0 Å². The Morgan fingerprint density at radius 1 is 1.39 bits per heavy atom. The molecule has 0 spiro atoms. The number of carbonyl (C=O) groups is 1. The van der Waals surface area contributed by atoms with Crippen LogP contribution in [0.2, 0.25) is 0 Å². The Kier molecular flexibility index (Phi) is 3.71. The van der Waals surface area contributed by atoms with Crippen molar-refractivity contribution in [3.05, 3.63) is 17.0 Å². The molecule has 2 atom stereocenters. The summed E-state index contributed by atoms with van der Waals surface area (Å²) >= 11 is 0. The summed E-state index contributed by atoms with van der Waals surface area (Å²) in [6.45, 7) is 3.71. The van der Waals surface area contributed by atoms with Gasteiger partial charge >= 0.3 is 0 Å². The van der Waals surface area contributed by atoms with Gasteiger partial charge in [-0.3, -0.25) is 9.48 Å². The SMILES string of the molecule is Cc1nn(C)c(C)c1C(=O)NC1CCCCC1O.